The van der Waals surface area contributed by atoms with E-state index in [9.17, 15) is 13.2 Å². The van der Waals surface area contributed by atoms with Crippen molar-refractivity contribution < 1.29 is 13.2 Å². The molecule has 7 heteroatoms. The number of nitrogens with one attached hydrogen (secondary N) is 1. The van der Waals surface area contributed by atoms with Crippen molar-refractivity contribution in [1.29, 1.82) is 0 Å². The van der Waals surface area contributed by atoms with Crippen LogP contribution >= 0.6 is 11.3 Å². The number of halogens is 3. The number of thiophene rings is 1. The van der Waals surface area contributed by atoms with Crippen LogP contribution in [-0.2, 0) is 6.18 Å². The Kier molecular flexibility index (Phi) is 4.91. The van der Waals surface area contributed by atoms with E-state index in [2.05, 4.69) is 27.1 Å². The predicted molar refractivity (Wildman–Crippen MR) is 93.4 cm³/mol. The van der Waals surface area contributed by atoms with Crippen LogP contribution in [0.4, 0.5) is 19.0 Å². The highest BCUT2D eigenvalue weighted by atomic mass is 32.1. The molecule has 0 amide bonds. The number of hydrogen-bond donors (Lipinski definition) is 1. The fourth-order valence-corrected chi connectivity index (χ4v) is 3.06. The van der Waals surface area contributed by atoms with Crippen molar-refractivity contribution >= 4 is 27.4 Å². The highest BCUT2D eigenvalue weighted by Gasteiger charge is 2.32. The number of hydrogen-bond acceptors (Lipinski definition) is 4. The van der Waals surface area contributed by atoms with Crippen LogP contribution < -0.4 is 5.32 Å². The summed E-state index contributed by atoms with van der Waals surface area (Å²) in [7, 11) is 0. The predicted octanol–water partition coefficient (Wildman–Crippen LogP) is 4.95. The highest BCUT2D eigenvalue weighted by molar-refractivity contribution is 7.16. The summed E-state index contributed by atoms with van der Waals surface area (Å²) < 4.78 is 38.8. The summed E-state index contributed by atoms with van der Waals surface area (Å²) >= 11 is 1.52. The molecule has 128 valence electrons. The van der Waals surface area contributed by atoms with Crippen LogP contribution in [0.1, 0.15) is 24.5 Å². The first-order valence-corrected chi connectivity index (χ1v) is 8.43. The van der Waals surface area contributed by atoms with Gasteiger partial charge in [-0.2, -0.15) is 13.2 Å². The van der Waals surface area contributed by atoms with Gasteiger partial charge in [0, 0.05) is 18.0 Å². The number of anilines is 1. The van der Waals surface area contributed by atoms with E-state index in [0.29, 0.717) is 12.2 Å². The van der Waals surface area contributed by atoms with Gasteiger partial charge in [0.25, 0.3) is 0 Å². The first-order valence-electron chi connectivity index (χ1n) is 7.55. The molecule has 25 heavy (non-hydrogen) atoms. The zero-order valence-electron chi connectivity index (χ0n) is 13.3. The van der Waals surface area contributed by atoms with Crippen LogP contribution in [0.2, 0.25) is 0 Å². The quantitative estimate of drug-likeness (QED) is 0.671. The molecule has 0 bridgehead atoms. The van der Waals surface area contributed by atoms with Crippen molar-refractivity contribution in [2.75, 3.05) is 5.32 Å². The summed E-state index contributed by atoms with van der Waals surface area (Å²) in [5, 5.41) is 6.09. The monoisotopic (exact) mass is 361 g/mol. The van der Waals surface area contributed by atoms with Crippen LogP contribution in [0.5, 0.6) is 0 Å². The van der Waals surface area contributed by atoms with Gasteiger partial charge in [0.2, 0.25) is 0 Å². The van der Waals surface area contributed by atoms with Gasteiger partial charge >= 0.3 is 6.18 Å². The third-order valence-corrected chi connectivity index (χ3v) is 4.33. The Bertz CT molecular complexity index is 938. The second-order valence-corrected chi connectivity index (χ2v) is 6.35. The fraction of sp³-hybridized carbons (Fsp3) is 0.222. The number of nitrogens with zero attached hydrogens (tertiary/aromatic N) is 2. The van der Waals surface area contributed by atoms with Crippen LogP contribution in [0.25, 0.3) is 10.2 Å². The van der Waals surface area contributed by atoms with Gasteiger partial charge in [-0.25, -0.2) is 9.97 Å². The number of aromatic nitrogens is 2. The third kappa shape index (κ3) is 4.09. The van der Waals surface area contributed by atoms with Crippen molar-refractivity contribution in [3.8, 4) is 11.8 Å². The van der Waals surface area contributed by atoms with Gasteiger partial charge in [0.15, 0.2) is 0 Å². The molecule has 2 aromatic heterocycles. The van der Waals surface area contributed by atoms with E-state index in [1.807, 2.05) is 18.4 Å². The average molecular weight is 361 g/mol. The van der Waals surface area contributed by atoms with E-state index in [4.69, 9.17) is 0 Å². The molecule has 3 rings (SSSR count). The second-order valence-electron chi connectivity index (χ2n) is 5.46. The van der Waals surface area contributed by atoms with E-state index in [-0.39, 0.29) is 11.6 Å². The Morgan fingerprint density at radius 2 is 2.00 bits per heavy atom. The zero-order valence-corrected chi connectivity index (χ0v) is 14.1. The van der Waals surface area contributed by atoms with Crippen molar-refractivity contribution in [2.24, 2.45) is 0 Å². The average Bonchev–Trinajstić information content (AvgIpc) is 3.04. The smallest absolute Gasteiger partial charge is 0.366 e. The summed E-state index contributed by atoms with van der Waals surface area (Å²) in [6.45, 7) is 1.91. The van der Waals surface area contributed by atoms with Crippen molar-refractivity contribution in [1.82, 2.24) is 9.97 Å². The Hall–Kier alpha value is -2.59. The summed E-state index contributed by atoms with van der Waals surface area (Å²) in [5.41, 5.74) is -0.719. The summed E-state index contributed by atoms with van der Waals surface area (Å²) in [5.74, 6) is 6.16. The van der Waals surface area contributed by atoms with Gasteiger partial charge in [-0.15, -0.1) is 11.3 Å². The maximum atomic E-state index is 12.9. The van der Waals surface area contributed by atoms with E-state index < -0.39 is 11.7 Å². The normalized spacial score (nSPS) is 12.5. The zero-order chi connectivity index (χ0) is 17.9. The number of rotatable bonds is 3. The van der Waals surface area contributed by atoms with Gasteiger partial charge in [-0.3, -0.25) is 0 Å². The van der Waals surface area contributed by atoms with Gasteiger partial charge in [0.1, 0.15) is 17.0 Å². The molecule has 2 heterocycles. The third-order valence-electron chi connectivity index (χ3n) is 3.51. The lowest BCUT2D eigenvalue weighted by Crippen LogP contribution is -2.15. The molecule has 3 nitrogen and oxygen atoms in total. The minimum atomic E-state index is -4.40. The first-order chi connectivity index (χ1) is 11.9. The minimum absolute atomic E-state index is 0.00976. The molecular formula is C18H14F3N3S. The van der Waals surface area contributed by atoms with Crippen LogP contribution in [0, 0.1) is 11.8 Å². The molecular weight excluding hydrogens is 347 g/mol. The topological polar surface area (TPSA) is 37.8 Å². The molecule has 0 aliphatic rings. The van der Waals surface area contributed by atoms with Crippen LogP contribution in [0.15, 0.2) is 42.0 Å². The van der Waals surface area contributed by atoms with E-state index in [0.717, 1.165) is 16.3 Å². The molecule has 0 radical (unpaired) electrons. The van der Waals surface area contributed by atoms with Gasteiger partial charge in [-0.1, -0.05) is 24.0 Å². The minimum Gasteiger partial charge on any atom is -0.366 e. The van der Waals surface area contributed by atoms with Gasteiger partial charge < -0.3 is 5.32 Å². The fourth-order valence-electron chi connectivity index (χ4n) is 2.33. The molecule has 0 aliphatic heterocycles. The molecule has 0 saturated heterocycles. The molecule has 1 atom stereocenters. The first kappa shape index (κ1) is 17.2. The maximum Gasteiger partial charge on any atom is 0.417 e. The number of alkyl halides is 3. The Balaban J connectivity index is 1.71. The molecule has 1 N–H and O–H groups in total. The Morgan fingerprint density at radius 3 is 2.80 bits per heavy atom. The lowest BCUT2D eigenvalue weighted by molar-refractivity contribution is -0.137. The second kappa shape index (κ2) is 7.11. The van der Waals surface area contributed by atoms with E-state index >= 15 is 0 Å². The summed E-state index contributed by atoms with van der Waals surface area (Å²) in [6.07, 6.45) is -2.53. The number of fused-ring (bicyclic) bond motifs is 1. The van der Waals surface area contributed by atoms with Crippen molar-refractivity contribution in [3.05, 3.63) is 53.2 Å². The SMILES string of the molecule is CC(CC#Cc1ccccc1C(F)(F)F)Nc1ncnc2sccc12. The molecule has 0 spiro atoms. The van der Waals surface area contributed by atoms with Crippen molar-refractivity contribution in [3.63, 3.8) is 0 Å². The van der Waals surface area contributed by atoms with Gasteiger partial charge in [-0.05, 0) is 30.5 Å². The molecule has 0 fully saturated rings. The van der Waals surface area contributed by atoms with E-state index in [1.165, 1.54) is 29.8 Å². The molecule has 0 aliphatic carbocycles. The molecule has 1 aromatic carbocycles. The Morgan fingerprint density at radius 1 is 1.20 bits per heavy atom. The van der Waals surface area contributed by atoms with Crippen LogP contribution in [0.3, 0.4) is 0 Å². The van der Waals surface area contributed by atoms with E-state index in [1.54, 1.807) is 6.07 Å². The number of benzene rings is 1. The molecule has 1 unspecified atom stereocenters. The summed E-state index contributed by atoms with van der Waals surface area (Å²) in [6, 6.07) is 7.20. The highest BCUT2D eigenvalue weighted by Crippen LogP contribution is 2.31. The Labute approximate surface area is 146 Å². The molecule has 3 aromatic rings. The lowest BCUT2D eigenvalue weighted by atomic mass is 10.1. The standard InChI is InChI=1S/C18H14F3N3S/c1-12(24-16-14-9-10-25-17(14)23-11-22-16)5-4-7-13-6-2-3-8-15(13)18(19,20)21/h2-3,6,8-12H,5H2,1H3,(H,22,23,24). The summed E-state index contributed by atoms with van der Waals surface area (Å²) in [4.78, 5) is 9.28. The van der Waals surface area contributed by atoms with Gasteiger partial charge in [0.05, 0.1) is 10.9 Å². The van der Waals surface area contributed by atoms with Crippen molar-refractivity contribution in [2.45, 2.75) is 25.6 Å². The largest absolute Gasteiger partial charge is 0.417 e. The van der Waals surface area contributed by atoms with Crippen LogP contribution in [-0.4, -0.2) is 16.0 Å². The maximum absolute atomic E-state index is 12.9. The molecule has 0 saturated carbocycles. The lowest BCUT2D eigenvalue weighted by Gasteiger charge is -2.12.